The number of allylic oxidation sites excluding steroid dienone is 2. The van der Waals surface area contributed by atoms with E-state index in [0.717, 1.165) is 59.1 Å². The Labute approximate surface area is 204 Å². The average molecular weight is 453 g/mol. The van der Waals surface area contributed by atoms with E-state index in [1.54, 1.807) is 0 Å². The zero-order chi connectivity index (χ0) is 24.5. The van der Waals surface area contributed by atoms with Crippen molar-refractivity contribution in [3.05, 3.63) is 112 Å². The first-order chi connectivity index (χ1) is 16.4. The Hall–Kier alpha value is -3.26. The van der Waals surface area contributed by atoms with Crippen LogP contribution in [0.3, 0.4) is 0 Å². The molecule has 3 rings (SSSR count). The highest BCUT2D eigenvalue weighted by molar-refractivity contribution is 6.02. The van der Waals surface area contributed by atoms with Crippen molar-refractivity contribution in [3.63, 3.8) is 0 Å². The summed E-state index contributed by atoms with van der Waals surface area (Å²) in [7, 11) is 0. The van der Waals surface area contributed by atoms with Crippen molar-refractivity contribution >= 4 is 17.1 Å². The van der Waals surface area contributed by atoms with E-state index in [0.29, 0.717) is 12.8 Å². The molecule has 0 aliphatic carbocycles. The minimum absolute atomic E-state index is 0.117. The summed E-state index contributed by atoms with van der Waals surface area (Å²) in [6.07, 6.45) is 5.08. The monoisotopic (exact) mass is 452 g/mol. The van der Waals surface area contributed by atoms with E-state index >= 15 is 0 Å². The second kappa shape index (κ2) is 12.3. The van der Waals surface area contributed by atoms with Gasteiger partial charge in [-0.05, 0) is 65.7 Å². The van der Waals surface area contributed by atoms with Crippen LogP contribution in [0.1, 0.15) is 78.7 Å². The summed E-state index contributed by atoms with van der Waals surface area (Å²) in [6.45, 7) is 8.27. The van der Waals surface area contributed by atoms with Gasteiger partial charge in [-0.25, -0.2) is 0 Å². The lowest BCUT2D eigenvalue weighted by atomic mass is 9.94. The molecule has 0 aliphatic rings. The van der Waals surface area contributed by atoms with Gasteiger partial charge in [0, 0.05) is 18.4 Å². The Balaban J connectivity index is 1.61. The predicted molar refractivity (Wildman–Crippen MR) is 142 cm³/mol. The highest BCUT2D eigenvalue weighted by atomic mass is 16.1. The van der Waals surface area contributed by atoms with Crippen LogP contribution in [-0.4, -0.2) is 11.6 Å². The van der Waals surface area contributed by atoms with E-state index in [1.165, 1.54) is 11.1 Å². The minimum Gasteiger partial charge on any atom is -0.294 e. The van der Waals surface area contributed by atoms with Crippen molar-refractivity contribution in [2.45, 2.75) is 66.2 Å². The Morgan fingerprint density at radius 2 is 0.971 bits per heavy atom. The summed E-state index contributed by atoms with van der Waals surface area (Å²) in [4.78, 5) is 25.5. The molecular formula is C32H36O2. The number of rotatable bonds is 11. The van der Waals surface area contributed by atoms with E-state index in [-0.39, 0.29) is 11.6 Å². The molecule has 34 heavy (non-hydrogen) atoms. The molecular weight excluding hydrogens is 416 g/mol. The van der Waals surface area contributed by atoms with Gasteiger partial charge in [0.05, 0.1) is 0 Å². The second-order valence-corrected chi connectivity index (χ2v) is 9.16. The zero-order valence-electron chi connectivity index (χ0n) is 21.0. The maximum atomic E-state index is 12.9. The number of hydrogen-bond donors (Lipinski definition) is 0. The van der Waals surface area contributed by atoms with Crippen molar-refractivity contribution in [1.82, 2.24) is 0 Å². The fourth-order valence-corrected chi connectivity index (χ4v) is 4.16. The molecule has 0 heterocycles. The third-order valence-electron chi connectivity index (χ3n) is 6.47. The first kappa shape index (κ1) is 25.4. The highest BCUT2D eigenvalue weighted by Gasteiger charge is 2.12. The van der Waals surface area contributed by atoms with Gasteiger partial charge in [-0.2, -0.15) is 0 Å². The Morgan fingerprint density at radius 1 is 0.559 bits per heavy atom. The van der Waals surface area contributed by atoms with Gasteiger partial charge in [0.2, 0.25) is 0 Å². The molecule has 0 atom stereocenters. The van der Waals surface area contributed by atoms with Crippen LogP contribution in [0.15, 0.2) is 78.4 Å². The fourth-order valence-electron chi connectivity index (χ4n) is 4.16. The van der Waals surface area contributed by atoms with Gasteiger partial charge in [0.25, 0.3) is 0 Å². The van der Waals surface area contributed by atoms with Crippen LogP contribution >= 0.6 is 0 Å². The summed E-state index contributed by atoms with van der Waals surface area (Å²) in [5.74, 6) is 0.248. The summed E-state index contributed by atoms with van der Waals surface area (Å²) < 4.78 is 0. The zero-order valence-corrected chi connectivity index (χ0v) is 21.0. The smallest absolute Gasteiger partial charge is 0.167 e. The standard InChI is InChI=1S/C32H36O2/c1-5-7-25-13-17-29(18-14-25)23(3)24(4)31(33)21-27-9-11-28(12-10-27)22-32(34)30-19-15-26(8-6-2)16-20-30/h9-20H,5-8,21-22H2,1-4H3. The number of aryl methyl sites for hydroxylation is 2. The molecule has 176 valence electrons. The van der Waals surface area contributed by atoms with Gasteiger partial charge < -0.3 is 0 Å². The third kappa shape index (κ3) is 6.87. The molecule has 0 bridgehead atoms. The van der Waals surface area contributed by atoms with Crippen LogP contribution in [-0.2, 0) is 30.5 Å². The molecule has 0 spiro atoms. The van der Waals surface area contributed by atoms with Crippen molar-refractivity contribution in [3.8, 4) is 0 Å². The van der Waals surface area contributed by atoms with Crippen LogP contribution in [0, 0.1) is 0 Å². The summed E-state index contributed by atoms with van der Waals surface area (Å²) in [5, 5.41) is 0. The second-order valence-electron chi connectivity index (χ2n) is 9.16. The SMILES string of the molecule is CCCc1ccc(C(=O)Cc2ccc(CC(=O)C(C)=C(C)c3ccc(CCC)cc3)cc2)cc1. The predicted octanol–water partition coefficient (Wildman–Crippen LogP) is 7.62. The quantitative estimate of drug-likeness (QED) is 0.221. The minimum atomic E-state index is 0.117. The summed E-state index contributed by atoms with van der Waals surface area (Å²) >= 11 is 0. The topological polar surface area (TPSA) is 34.1 Å². The van der Waals surface area contributed by atoms with E-state index < -0.39 is 0 Å². The van der Waals surface area contributed by atoms with Crippen molar-refractivity contribution < 1.29 is 9.59 Å². The number of benzene rings is 3. The van der Waals surface area contributed by atoms with Gasteiger partial charge in [-0.15, -0.1) is 0 Å². The maximum Gasteiger partial charge on any atom is 0.167 e. The molecule has 0 aromatic heterocycles. The molecule has 0 amide bonds. The highest BCUT2D eigenvalue weighted by Crippen LogP contribution is 2.21. The van der Waals surface area contributed by atoms with Gasteiger partial charge >= 0.3 is 0 Å². The van der Waals surface area contributed by atoms with Crippen LogP contribution in [0.4, 0.5) is 0 Å². The lowest BCUT2D eigenvalue weighted by molar-refractivity contribution is -0.114. The summed E-state index contributed by atoms with van der Waals surface area (Å²) in [6, 6.07) is 24.3. The van der Waals surface area contributed by atoms with Crippen LogP contribution < -0.4 is 0 Å². The molecule has 0 fully saturated rings. The van der Waals surface area contributed by atoms with E-state index in [2.05, 4.69) is 38.1 Å². The van der Waals surface area contributed by atoms with Gasteiger partial charge in [0.1, 0.15) is 0 Å². The Kier molecular flexibility index (Phi) is 9.16. The van der Waals surface area contributed by atoms with E-state index in [4.69, 9.17) is 0 Å². The first-order valence-electron chi connectivity index (χ1n) is 12.4. The molecule has 0 radical (unpaired) electrons. The number of Topliss-reactive ketones (excluding diaryl/α,β-unsaturated/α-hetero) is 2. The lowest BCUT2D eigenvalue weighted by Gasteiger charge is -2.09. The molecule has 3 aromatic rings. The molecule has 2 heteroatoms. The average Bonchev–Trinajstić information content (AvgIpc) is 2.85. The molecule has 0 unspecified atom stereocenters. The van der Waals surface area contributed by atoms with E-state index in [1.807, 2.05) is 62.4 Å². The van der Waals surface area contributed by atoms with Gasteiger partial charge in [0.15, 0.2) is 11.6 Å². The molecule has 0 saturated carbocycles. The van der Waals surface area contributed by atoms with Gasteiger partial charge in [-0.1, -0.05) is 99.5 Å². The number of carbonyl (C=O) groups is 2. The summed E-state index contributed by atoms with van der Waals surface area (Å²) in [5.41, 5.74) is 8.20. The first-order valence-corrected chi connectivity index (χ1v) is 12.4. The van der Waals surface area contributed by atoms with Crippen molar-refractivity contribution in [2.24, 2.45) is 0 Å². The van der Waals surface area contributed by atoms with Crippen molar-refractivity contribution in [2.75, 3.05) is 0 Å². The number of carbonyl (C=O) groups excluding carboxylic acids is 2. The largest absolute Gasteiger partial charge is 0.294 e. The third-order valence-corrected chi connectivity index (χ3v) is 6.47. The normalized spacial score (nSPS) is 11.8. The van der Waals surface area contributed by atoms with Crippen LogP contribution in [0.25, 0.3) is 5.57 Å². The maximum absolute atomic E-state index is 12.9. The van der Waals surface area contributed by atoms with Crippen LogP contribution in [0.5, 0.6) is 0 Å². The lowest BCUT2D eigenvalue weighted by Crippen LogP contribution is -2.07. The number of hydrogen-bond acceptors (Lipinski definition) is 2. The molecule has 2 nitrogen and oxygen atoms in total. The van der Waals surface area contributed by atoms with Crippen molar-refractivity contribution in [1.29, 1.82) is 0 Å². The molecule has 3 aromatic carbocycles. The molecule has 0 saturated heterocycles. The van der Waals surface area contributed by atoms with E-state index in [9.17, 15) is 9.59 Å². The molecule has 0 aliphatic heterocycles. The van der Waals surface area contributed by atoms with Crippen LogP contribution in [0.2, 0.25) is 0 Å². The van der Waals surface area contributed by atoms with Gasteiger partial charge in [-0.3, -0.25) is 9.59 Å². The Morgan fingerprint density at radius 3 is 1.44 bits per heavy atom. The molecule has 0 N–H and O–H groups in total. The fraction of sp³-hybridized carbons (Fsp3) is 0.312. The Bertz CT molecular complexity index is 1130. The number of ketones is 2.